The van der Waals surface area contributed by atoms with Gasteiger partial charge in [0.25, 0.3) is 5.91 Å². The number of nitriles is 1. The van der Waals surface area contributed by atoms with E-state index in [9.17, 15) is 18.0 Å². The largest absolute Gasteiger partial charge is 0.419 e. The molecule has 0 bridgehead atoms. The Morgan fingerprint density at radius 1 is 1.27 bits per heavy atom. The molecule has 26 heavy (non-hydrogen) atoms. The van der Waals surface area contributed by atoms with Crippen molar-refractivity contribution < 1.29 is 18.0 Å². The van der Waals surface area contributed by atoms with Crippen LogP contribution in [0.15, 0.2) is 30.5 Å². The summed E-state index contributed by atoms with van der Waals surface area (Å²) >= 11 is 16.5. The van der Waals surface area contributed by atoms with E-state index in [2.05, 4.69) is 15.6 Å². The normalized spacial score (nSPS) is 10.8. The lowest BCUT2D eigenvalue weighted by atomic mass is 10.2. The first kappa shape index (κ1) is 19.9. The summed E-state index contributed by atoms with van der Waals surface area (Å²) in [6.07, 6.45) is -3.78. The standard InChI is InChI=1S/C15H7Cl2F3N4OS/c16-7-1-2-9(11(17)3-7)13(25)24-14(26)23-8-4-10(15(18,19)20)12(5-21)22-6-8/h1-4,6H,(H2,23,24,25,26). The predicted molar refractivity (Wildman–Crippen MR) is 94.1 cm³/mol. The molecule has 0 saturated heterocycles. The Balaban J connectivity index is 2.15. The Labute approximate surface area is 160 Å². The number of thiocarbonyl (C=S) groups is 1. The maximum Gasteiger partial charge on any atom is 0.419 e. The molecule has 0 aliphatic heterocycles. The number of aromatic nitrogens is 1. The fourth-order valence-electron chi connectivity index (χ4n) is 1.84. The number of halogens is 5. The summed E-state index contributed by atoms with van der Waals surface area (Å²) in [5.41, 5.74) is -2.07. The van der Waals surface area contributed by atoms with Gasteiger partial charge in [0.2, 0.25) is 0 Å². The molecule has 1 heterocycles. The molecule has 11 heteroatoms. The molecule has 0 fully saturated rings. The van der Waals surface area contributed by atoms with Gasteiger partial charge in [-0.3, -0.25) is 10.1 Å². The summed E-state index contributed by atoms with van der Waals surface area (Å²) in [6.45, 7) is 0. The van der Waals surface area contributed by atoms with E-state index < -0.39 is 23.3 Å². The van der Waals surface area contributed by atoms with Crippen LogP contribution in [-0.2, 0) is 6.18 Å². The Kier molecular flexibility index (Phi) is 6.02. The van der Waals surface area contributed by atoms with E-state index in [-0.39, 0.29) is 21.4 Å². The van der Waals surface area contributed by atoms with Gasteiger partial charge in [0.1, 0.15) is 6.07 Å². The van der Waals surface area contributed by atoms with E-state index in [0.717, 1.165) is 6.20 Å². The summed E-state index contributed by atoms with van der Waals surface area (Å²) in [4.78, 5) is 15.5. The Hall–Kier alpha value is -2.41. The molecule has 0 unspecified atom stereocenters. The van der Waals surface area contributed by atoms with E-state index in [1.165, 1.54) is 24.3 Å². The number of nitrogens with one attached hydrogen (secondary N) is 2. The molecule has 134 valence electrons. The molecule has 1 amide bonds. The van der Waals surface area contributed by atoms with Gasteiger partial charge in [-0.15, -0.1) is 0 Å². The molecular formula is C15H7Cl2F3N4OS. The minimum absolute atomic E-state index is 0.0779. The monoisotopic (exact) mass is 418 g/mol. The first-order valence-corrected chi connectivity index (χ1v) is 7.83. The van der Waals surface area contributed by atoms with Crippen LogP contribution in [0, 0.1) is 11.3 Å². The van der Waals surface area contributed by atoms with Crippen LogP contribution < -0.4 is 10.6 Å². The van der Waals surface area contributed by atoms with Crippen LogP contribution in [0.4, 0.5) is 18.9 Å². The minimum Gasteiger partial charge on any atom is -0.331 e. The van der Waals surface area contributed by atoms with Crippen LogP contribution >= 0.6 is 35.4 Å². The third-order valence-corrected chi connectivity index (χ3v) is 3.71. The number of pyridine rings is 1. The summed E-state index contributed by atoms with van der Waals surface area (Å²) < 4.78 is 38.7. The number of amides is 1. The van der Waals surface area contributed by atoms with Gasteiger partial charge in [-0.05, 0) is 36.5 Å². The second kappa shape index (κ2) is 7.86. The number of carbonyl (C=O) groups excluding carboxylic acids is 1. The first-order valence-electron chi connectivity index (χ1n) is 6.66. The first-order chi connectivity index (χ1) is 12.1. The molecule has 2 N–H and O–H groups in total. The molecule has 0 saturated carbocycles. The van der Waals surface area contributed by atoms with Gasteiger partial charge in [-0.25, -0.2) is 4.98 Å². The van der Waals surface area contributed by atoms with E-state index in [1.54, 1.807) is 0 Å². The molecule has 0 aliphatic rings. The van der Waals surface area contributed by atoms with Gasteiger partial charge in [0.15, 0.2) is 10.8 Å². The molecule has 1 aromatic heterocycles. The van der Waals surface area contributed by atoms with Crippen molar-refractivity contribution in [3.63, 3.8) is 0 Å². The highest BCUT2D eigenvalue weighted by Crippen LogP contribution is 2.32. The SMILES string of the molecule is N#Cc1ncc(NC(=S)NC(=O)c2ccc(Cl)cc2Cl)cc1C(F)(F)F. The molecule has 2 rings (SSSR count). The highest BCUT2D eigenvalue weighted by Gasteiger charge is 2.34. The van der Waals surface area contributed by atoms with Gasteiger partial charge < -0.3 is 5.32 Å². The van der Waals surface area contributed by atoms with E-state index in [1.807, 2.05) is 0 Å². The molecule has 0 spiro atoms. The van der Waals surface area contributed by atoms with Crippen LogP contribution in [0.2, 0.25) is 10.0 Å². The third kappa shape index (κ3) is 4.82. The number of anilines is 1. The molecule has 0 atom stereocenters. The zero-order chi connectivity index (χ0) is 19.5. The van der Waals surface area contributed by atoms with Crippen molar-refractivity contribution in [2.75, 3.05) is 5.32 Å². The fraction of sp³-hybridized carbons (Fsp3) is 0.0667. The van der Waals surface area contributed by atoms with Crippen molar-refractivity contribution in [1.82, 2.24) is 10.3 Å². The van der Waals surface area contributed by atoms with Crippen molar-refractivity contribution in [2.45, 2.75) is 6.18 Å². The van der Waals surface area contributed by atoms with Gasteiger partial charge in [-0.2, -0.15) is 18.4 Å². The van der Waals surface area contributed by atoms with Crippen molar-refractivity contribution >= 4 is 52.1 Å². The van der Waals surface area contributed by atoms with Crippen LogP contribution in [0.1, 0.15) is 21.6 Å². The number of carbonyl (C=O) groups is 1. The lowest BCUT2D eigenvalue weighted by Gasteiger charge is -2.13. The molecule has 0 radical (unpaired) electrons. The van der Waals surface area contributed by atoms with Crippen molar-refractivity contribution in [2.24, 2.45) is 0 Å². The quantitative estimate of drug-likeness (QED) is 0.706. The lowest BCUT2D eigenvalue weighted by molar-refractivity contribution is -0.138. The molecule has 1 aromatic carbocycles. The zero-order valence-electron chi connectivity index (χ0n) is 12.5. The number of benzene rings is 1. The predicted octanol–water partition coefficient (Wildman–Crippen LogP) is 4.41. The van der Waals surface area contributed by atoms with Gasteiger partial charge in [0, 0.05) is 5.02 Å². The molecule has 0 aliphatic carbocycles. The van der Waals surface area contributed by atoms with E-state index >= 15 is 0 Å². The van der Waals surface area contributed by atoms with E-state index in [0.29, 0.717) is 11.1 Å². The Bertz CT molecular complexity index is 928. The maximum atomic E-state index is 12.9. The van der Waals surface area contributed by atoms with Gasteiger partial charge in [0.05, 0.1) is 28.0 Å². The number of rotatable bonds is 2. The number of hydrogen-bond acceptors (Lipinski definition) is 4. The smallest absolute Gasteiger partial charge is 0.331 e. The van der Waals surface area contributed by atoms with Crippen LogP contribution in [0.5, 0.6) is 0 Å². The number of hydrogen-bond donors (Lipinski definition) is 2. The van der Waals surface area contributed by atoms with Gasteiger partial charge >= 0.3 is 6.18 Å². The summed E-state index contributed by atoms with van der Waals surface area (Å²) in [5, 5.41) is 13.5. The molecule has 5 nitrogen and oxygen atoms in total. The highest BCUT2D eigenvalue weighted by molar-refractivity contribution is 7.80. The van der Waals surface area contributed by atoms with Gasteiger partial charge in [-0.1, -0.05) is 23.2 Å². The number of alkyl halides is 3. The molecular weight excluding hydrogens is 412 g/mol. The molecule has 2 aromatic rings. The second-order valence-corrected chi connectivity index (χ2v) is 6.01. The average Bonchev–Trinajstić information content (AvgIpc) is 2.53. The average molecular weight is 419 g/mol. The fourth-order valence-corrected chi connectivity index (χ4v) is 2.55. The van der Waals surface area contributed by atoms with Crippen LogP contribution in [0.25, 0.3) is 0 Å². The highest BCUT2D eigenvalue weighted by atomic mass is 35.5. The van der Waals surface area contributed by atoms with Crippen molar-refractivity contribution in [3.05, 3.63) is 57.3 Å². The van der Waals surface area contributed by atoms with Crippen LogP contribution in [0.3, 0.4) is 0 Å². The minimum atomic E-state index is -4.77. The topological polar surface area (TPSA) is 77.8 Å². The number of nitrogens with zero attached hydrogens (tertiary/aromatic N) is 2. The Morgan fingerprint density at radius 2 is 1.96 bits per heavy atom. The third-order valence-electron chi connectivity index (χ3n) is 2.96. The summed E-state index contributed by atoms with van der Waals surface area (Å²) in [6, 6.07) is 6.19. The zero-order valence-corrected chi connectivity index (χ0v) is 14.8. The second-order valence-electron chi connectivity index (χ2n) is 4.76. The lowest BCUT2D eigenvalue weighted by Crippen LogP contribution is -2.34. The maximum absolute atomic E-state index is 12.9. The Morgan fingerprint density at radius 3 is 2.54 bits per heavy atom. The van der Waals surface area contributed by atoms with Crippen molar-refractivity contribution in [1.29, 1.82) is 5.26 Å². The summed E-state index contributed by atoms with van der Waals surface area (Å²) in [5.74, 6) is -0.679. The van der Waals surface area contributed by atoms with Crippen molar-refractivity contribution in [3.8, 4) is 6.07 Å². The van der Waals surface area contributed by atoms with E-state index in [4.69, 9.17) is 40.7 Å². The summed E-state index contributed by atoms with van der Waals surface area (Å²) in [7, 11) is 0. The van der Waals surface area contributed by atoms with Crippen LogP contribution in [-0.4, -0.2) is 16.0 Å².